The molecule has 0 spiro atoms. The number of nitrogens with zero attached hydrogens (tertiary/aromatic N) is 2. The Kier molecular flexibility index (Phi) is 6.67. The molecule has 0 bridgehead atoms. The molecule has 2 heterocycles. The Labute approximate surface area is 171 Å². The van der Waals surface area contributed by atoms with Crippen LogP contribution in [0.1, 0.15) is 83.4 Å². The van der Waals surface area contributed by atoms with Gasteiger partial charge in [0.15, 0.2) is 6.10 Å². The smallest absolute Gasteiger partial charge is 0.338 e. The van der Waals surface area contributed by atoms with Gasteiger partial charge in [-0.05, 0) is 44.4 Å². The summed E-state index contributed by atoms with van der Waals surface area (Å²) >= 11 is 0. The molecule has 0 aliphatic carbocycles. The van der Waals surface area contributed by atoms with Gasteiger partial charge in [-0.3, -0.25) is 19.3 Å². The van der Waals surface area contributed by atoms with Gasteiger partial charge in [0.1, 0.15) is 0 Å². The van der Waals surface area contributed by atoms with Gasteiger partial charge in [-0.25, -0.2) is 4.79 Å². The molecule has 1 fully saturated rings. The van der Waals surface area contributed by atoms with Crippen LogP contribution in [0.5, 0.6) is 0 Å². The SMILES string of the molecule is CCCCN1C(=O)c2ccc(C(=O)O[C@H](C)C(=O)N3CCCCCC3)cc2C1=O. The van der Waals surface area contributed by atoms with Crippen LogP contribution < -0.4 is 0 Å². The van der Waals surface area contributed by atoms with E-state index in [0.29, 0.717) is 25.2 Å². The van der Waals surface area contributed by atoms with Gasteiger partial charge >= 0.3 is 5.97 Å². The summed E-state index contributed by atoms with van der Waals surface area (Å²) in [5.41, 5.74) is 0.682. The van der Waals surface area contributed by atoms with Crippen LogP contribution in [0.3, 0.4) is 0 Å². The third-order valence-electron chi connectivity index (χ3n) is 5.49. The third-order valence-corrected chi connectivity index (χ3v) is 5.49. The van der Waals surface area contributed by atoms with Crippen LogP contribution in [0.25, 0.3) is 0 Å². The molecule has 0 N–H and O–H groups in total. The molecule has 0 saturated carbocycles. The van der Waals surface area contributed by atoms with Crippen molar-refractivity contribution in [2.75, 3.05) is 19.6 Å². The average molecular weight is 400 g/mol. The standard InChI is InChI=1S/C22H28N2O5/c1-3-4-13-24-20(26)17-10-9-16(14-18(17)21(24)27)22(28)29-15(2)19(25)23-11-7-5-6-8-12-23/h9-10,14-15H,3-8,11-13H2,1-2H3/t15-/m1/s1. The van der Waals surface area contributed by atoms with E-state index in [1.807, 2.05) is 6.92 Å². The van der Waals surface area contributed by atoms with E-state index in [2.05, 4.69) is 0 Å². The van der Waals surface area contributed by atoms with Gasteiger partial charge in [0.25, 0.3) is 17.7 Å². The molecule has 0 unspecified atom stereocenters. The first-order chi connectivity index (χ1) is 13.9. The molecular formula is C22H28N2O5. The Morgan fingerprint density at radius 1 is 1.03 bits per heavy atom. The number of amides is 3. The predicted molar refractivity (Wildman–Crippen MR) is 107 cm³/mol. The first-order valence-corrected chi connectivity index (χ1v) is 10.4. The highest BCUT2D eigenvalue weighted by molar-refractivity contribution is 6.22. The Morgan fingerprint density at radius 3 is 2.34 bits per heavy atom. The number of benzene rings is 1. The summed E-state index contributed by atoms with van der Waals surface area (Å²) in [5.74, 6) is -1.58. The molecule has 7 nitrogen and oxygen atoms in total. The molecular weight excluding hydrogens is 372 g/mol. The number of carbonyl (C=O) groups is 4. The zero-order valence-electron chi connectivity index (χ0n) is 17.1. The second kappa shape index (κ2) is 9.20. The summed E-state index contributed by atoms with van der Waals surface area (Å²) in [4.78, 5) is 53.1. The van der Waals surface area contributed by atoms with Crippen molar-refractivity contribution in [3.8, 4) is 0 Å². The lowest BCUT2D eigenvalue weighted by Crippen LogP contribution is -2.40. The van der Waals surface area contributed by atoms with Crippen molar-refractivity contribution >= 4 is 23.7 Å². The Balaban J connectivity index is 1.68. The van der Waals surface area contributed by atoms with Gasteiger partial charge in [0.05, 0.1) is 16.7 Å². The zero-order chi connectivity index (χ0) is 21.0. The highest BCUT2D eigenvalue weighted by Gasteiger charge is 2.36. The lowest BCUT2D eigenvalue weighted by atomic mass is 10.1. The molecule has 3 rings (SSSR count). The van der Waals surface area contributed by atoms with Crippen LogP contribution in [-0.4, -0.2) is 59.2 Å². The molecule has 1 aromatic rings. The fourth-order valence-corrected chi connectivity index (χ4v) is 3.76. The molecule has 156 valence electrons. The van der Waals surface area contributed by atoms with Crippen molar-refractivity contribution in [3.05, 3.63) is 34.9 Å². The quantitative estimate of drug-likeness (QED) is 0.541. The normalized spacial score (nSPS) is 17.7. The van der Waals surface area contributed by atoms with E-state index in [0.717, 1.165) is 38.5 Å². The summed E-state index contributed by atoms with van der Waals surface area (Å²) in [7, 11) is 0. The minimum absolute atomic E-state index is 0.165. The number of fused-ring (bicyclic) bond motifs is 1. The number of hydrogen-bond donors (Lipinski definition) is 0. The molecule has 1 aromatic carbocycles. The Morgan fingerprint density at radius 2 is 1.69 bits per heavy atom. The van der Waals surface area contributed by atoms with E-state index in [9.17, 15) is 19.2 Å². The van der Waals surface area contributed by atoms with Crippen molar-refractivity contribution in [2.45, 2.75) is 58.5 Å². The highest BCUT2D eigenvalue weighted by Crippen LogP contribution is 2.25. The summed E-state index contributed by atoms with van der Waals surface area (Å²) < 4.78 is 5.37. The van der Waals surface area contributed by atoms with Crippen molar-refractivity contribution in [2.24, 2.45) is 0 Å². The van der Waals surface area contributed by atoms with E-state index in [1.165, 1.54) is 23.1 Å². The molecule has 0 radical (unpaired) electrons. The lowest BCUT2D eigenvalue weighted by molar-refractivity contribution is -0.139. The van der Waals surface area contributed by atoms with Crippen LogP contribution >= 0.6 is 0 Å². The summed E-state index contributed by atoms with van der Waals surface area (Å²) in [6.45, 7) is 5.29. The third kappa shape index (κ3) is 4.49. The van der Waals surface area contributed by atoms with Crippen molar-refractivity contribution in [1.82, 2.24) is 9.80 Å². The van der Waals surface area contributed by atoms with Gasteiger partial charge in [-0.2, -0.15) is 0 Å². The van der Waals surface area contributed by atoms with Crippen LogP contribution in [-0.2, 0) is 9.53 Å². The molecule has 0 aromatic heterocycles. The maximum absolute atomic E-state index is 12.6. The highest BCUT2D eigenvalue weighted by atomic mass is 16.5. The van der Waals surface area contributed by atoms with Gasteiger partial charge < -0.3 is 9.64 Å². The number of imide groups is 1. The number of rotatable bonds is 6. The molecule has 29 heavy (non-hydrogen) atoms. The van der Waals surface area contributed by atoms with Crippen molar-refractivity contribution < 1.29 is 23.9 Å². The van der Waals surface area contributed by atoms with E-state index in [1.54, 1.807) is 11.8 Å². The van der Waals surface area contributed by atoms with Gasteiger partial charge in [-0.15, -0.1) is 0 Å². The number of carbonyl (C=O) groups excluding carboxylic acids is 4. The van der Waals surface area contributed by atoms with Crippen LogP contribution in [0, 0.1) is 0 Å². The second-order valence-corrected chi connectivity index (χ2v) is 7.66. The number of likely N-dealkylation sites (tertiary alicyclic amines) is 1. The number of ether oxygens (including phenoxy) is 1. The van der Waals surface area contributed by atoms with E-state index in [-0.39, 0.29) is 28.8 Å². The van der Waals surface area contributed by atoms with E-state index in [4.69, 9.17) is 4.74 Å². The van der Waals surface area contributed by atoms with E-state index < -0.39 is 12.1 Å². The van der Waals surface area contributed by atoms with Gasteiger partial charge in [0, 0.05) is 19.6 Å². The Hall–Kier alpha value is -2.70. The molecule has 7 heteroatoms. The lowest BCUT2D eigenvalue weighted by Gasteiger charge is -2.24. The molecule has 3 amide bonds. The summed E-state index contributed by atoms with van der Waals surface area (Å²) in [6, 6.07) is 4.35. The van der Waals surface area contributed by atoms with Gasteiger partial charge in [0.2, 0.25) is 0 Å². The maximum Gasteiger partial charge on any atom is 0.338 e. The van der Waals surface area contributed by atoms with Crippen molar-refractivity contribution in [1.29, 1.82) is 0 Å². The van der Waals surface area contributed by atoms with Crippen LogP contribution in [0.4, 0.5) is 0 Å². The number of esters is 1. The maximum atomic E-state index is 12.6. The van der Waals surface area contributed by atoms with Crippen molar-refractivity contribution in [3.63, 3.8) is 0 Å². The fraction of sp³-hybridized carbons (Fsp3) is 0.545. The largest absolute Gasteiger partial charge is 0.449 e. The average Bonchev–Trinajstić information content (AvgIpc) is 2.91. The monoisotopic (exact) mass is 400 g/mol. The molecule has 2 aliphatic rings. The zero-order valence-corrected chi connectivity index (χ0v) is 17.1. The van der Waals surface area contributed by atoms with Crippen LogP contribution in [0.2, 0.25) is 0 Å². The van der Waals surface area contributed by atoms with Gasteiger partial charge in [-0.1, -0.05) is 26.2 Å². The first-order valence-electron chi connectivity index (χ1n) is 10.4. The molecule has 1 saturated heterocycles. The van der Waals surface area contributed by atoms with Crippen LogP contribution in [0.15, 0.2) is 18.2 Å². The summed E-state index contributed by atoms with van der Waals surface area (Å²) in [5, 5.41) is 0. The fourth-order valence-electron chi connectivity index (χ4n) is 3.76. The minimum Gasteiger partial charge on any atom is -0.449 e. The number of unbranched alkanes of at least 4 members (excludes halogenated alkanes) is 1. The minimum atomic E-state index is -0.896. The van der Waals surface area contributed by atoms with E-state index >= 15 is 0 Å². The molecule has 1 atom stereocenters. The first kappa shape index (κ1) is 21.0. The second-order valence-electron chi connectivity index (χ2n) is 7.66. The predicted octanol–water partition coefficient (Wildman–Crippen LogP) is 3.03. The topological polar surface area (TPSA) is 84.0 Å². The Bertz CT molecular complexity index is 811. The number of hydrogen-bond acceptors (Lipinski definition) is 5. The summed E-state index contributed by atoms with van der Waals surface area (Å²) in [6.07, 6.45) is 4.84. The molecule has 2 aliphatic heterocycles.